The van der Waals surface area contributed by atoms with Crippen LogP contribution in [-0.2, 0) is 14.1 Å². The fourth-order valence-electron chi connectivity index (χ4n) is 5.10. The minimum atomic E-state index is -6.28. The van der Waals surface area contributed by atoms with Crippen molar-refractivity contribution in [3.63, 3.8) is 0 Å². The Balaban J connectivity index is 2.44. The van der Waals surface area contributed by atoms with E-state index < -0.39 is 20.6 Å². The Hall–Kier alpha value is -0.516. The van der Waals surface area contributed by atoms with Crippen molar-refractivity contribution in [2.75, 3.05) is 13.2 Å². The standard InChI is InChI=1S/C13H9.C4H10N.C2H5O2.CH3.CH2.2ClH.Ti/c1-3-7-12-10(5-1)9-11-6-2-4-8-13(11)12;1-4(2,3)5;3-1-2-4;;;;;/h1-9H;5H,1-3H3;3H,1-2H2;1H3;1H2;2*1H;/q;2*-1;;;;;+4/p-2. The number of hydrogen-bond donors (Lipinski definition) is 2. The molecule has 0 heterocycles. The number of benzene rings is 2. The number of aliphatic hydroxyl groups is 1. The molecule has 0 saturated heterocycles. The molecule has 1 aliphatic carbocycles. The van der Waals surface area contributed by atoms with Crippen molar-refractivity contribution in [3.8, 4) is 11.1 Å². The Bertz CT molecular complexity index is 986. The summed E-state index contributed by atoms with van der Waals surface area (Å²) in [6.07, 6.45) is 0. The van der Waals surface area contributed by atoms with E-state index >= 15 is 0 Å². The molecule has 0 aliphatic heterocycles. The van der Waals surface area contributed by atoms with Gasteiger partial charge in [-0.2, -0.15) is 0 Å². The van der Waals surface area contributed by atoms with Crippen molar-refractivity contribution >= 4 is 23.4 Å². The summed E-state index contributed by atoms with van der Waals surface area (Å²) in [5.41, 5.74) is 3.67. The van der Waals surface area contributed by atoms with E-state index in [9.17, 15) is 5.11 Å². The molecular weight excluding hydrogens is 417 g/mol. The molecule has 0 radical (unpaired) electrons. The fourth-order valence-corrected chi connectivity index (χ4v) is 20.0. The summed E-state index contributed by atoms with van der Waals surface area (Å²) in [5, 5.41) is 11.3. The molecule has 0 amide bonds. The zero-order valence-corrected chi connectivity index (χ0v) is 19.5. The summed E-state index contributed by atoms with van der Waals surface area (Å²) >= 11 is 0. The van der Waals surface area contributed by atoms with Gasteiger partial charge < -0.3 is 0 Å². The zero-order valence-electron chi connectivity index (χ0n) is 16.4. The number of hydrogen-bond acceptors (Lipinski definition) is 3. The van der Waals surface area contributed by atoms with Crippen LogP contribution in [0.4, 0.5) is 0 Å². The molecular formula is C21H29Cl2NO2Ti. The third-order valence-electron chi connectivity index (χ3n) is 5.32. The van der Waals surface area contributed by atoms with Gasteiger partial charge in [-0.25, -0.2) is 0 Å². The van der Waals surface area contributed by atoms with E-state index in [1.165, 1.54) is 0 Å². The van der Waals surface area contributed by atoms with E-state index in [1.807, 2.05) is 57.2 Å². The Kier molecular flexibility index (Phi) is 4.19. The summed E-state index contributed by atoms with van der Waals surface area (Å²) in [6.45, 7) is 5.77. The maximum absolute atomic E-state index is 9.54. The second-order valence-corrected chi connectivity index (χ2v) is 34.1. The molecule has 2 aromatic carbocycles. The van der Waals surface area contributed by atoms with Crippen molar-refractivity contribution in [2.24, 2.45) is 0 Å². The topological polar surface area (TPSA) is 41.5 Å². The first-order chi connectivity index (χ1) is 12.1. The number of rotatable bonds is 5. The van der Waals surface area contributed by atoms with Gasteiger partial charge in [0.25, 0.3) is 0 Å². The number of aliphatic hydroxyl groups excluding tert-OH is 1. The summed E-state index contributed by atoms with van der Waals surface area (Å²) in [4.78, 5) is 4.53. The molecule has 0 aromatic heterocycles. The Morgan fingerprint density at radius 1 is 1.04 bits per heavy atom. The van der Waals surface area contributed by atoms with E-state index in [4.69, 9.17) is 21.9 Å². The predicted octanol–water partition coefficient (Wildman–Crippen LogP) is 5.53. The first kappa shape index (κ1) is 21.2. The molecule has 148 valence electrons. The summed E-state index contributed by atoms with van der Waals surface area (Å²) in [5.74, 6) is 0. The molecule has 0 bridgehead atoms. The molecule has 2 aromatic rings. The van der Waals surface area contributed by atoms with Crippen LogP contribution in [0.25, 0.3) is 11.1 Å². The minimum absolute atomic E-state index is 0.00703. The molecule has 3 rings (SSSR count). The Morgan fingerprint density at radius 2 is 1.48 bits per heavy atom. The van der Waals surface area contributed by atoms with Crippen LogP contribution in [0.15, 0.2) is 48.5 Å². The second kappa shape index (κ2) is 5.34. The first-order valence-corrected chi connectivity index (χ1v) is 18.6. The maximum atomic E-state index is 9.54. The second-order valence-electron chi connectivity index (χ2n) is 9.82. The molecule has 2 N–H and O–H groups in total. The molecule has 0 spiro atoms. The van der Waals surface area contributed by atoms with Crippen LogP contribution in [0.5, 0.6) is 0 Å². The number of nitrogens with one attached hydrogen (secondary N) is 1. The van der Waals surface area contributed by atoms with Gasteiger partial charge in [-0.15, -0.1) is 0 Å². The van der Waals surface area contributed by atoms with Crippen LogP contribution in [0.1, 0.15) is 36.1 Å². The van der Waals surface area contributed by atoms with Gasteiger partial charge in [-0.3, -0.25) is 0 Å². The van der Waals surface area contributed by atoms with Gasteiger partial charge in [0, 0.05) is 0 Å². The van der Waals surface area contributed by atoms with Crippen molar-refractivity contribution in [3.05, 3.63) is 59.7 Å². The molecule has 0 atom stereocenters. The van der Waals surface area contributed by atoms with Crippen LogP contribution in [0.2, 0.25) is 5.23 Å². The number of halogens is 2. The predicted molar refractivity (Wildman–Crippen MR) is 114 cm³/mol. The van der Waals surface area contributed by atoms with Crippen LogP contribution in [-0.4, -0.2) is 28.7 Å². The number of fused-ring (bicyclic) bond motifs is 3. The van der Waals surface area contributed by atoms with E-state index in [-0.39, 0.29) is 13.2 Å². The zero-order chi connectivity index (χ0) is 20.2. The van der Waals surface area contributed by atoms with E-state index in [0.717, 1.165) is 22.3 Å². The quantitative estimate of drug-likeness (QED) is 0.594. The van der Waals surface area contributed by atoms with Gasteiger partial charge in [0.2, 0.25) is 0 Å². The average Bonchev–Trinajstić information content (AvgIpc) is 2.87. The molecule has 1 aliphatic rings. The molecule has 0 saturated carbocycles. The van der Waals surface area contributed by atoms with Gasteiger partial charge in [0.1, 0.15) is 0 Å². The van der Waals surface area contributed by atoms with Crippen LogP contribution < -0.4 is 3.80 Å². The van der Waals surface area contributed by atoms with Crippen LogP contribution in [0.3, 0.4) is 0 Å². The van der Waals surface area contributed by atoms with Gasteiger partial charge in [0.15, 0.2) is 0 Å². The van der Waals surface area contributed by atoms with Gasteiger partial charge >= 0.3 is 166 Å². The summed E-state index contributed by atoms with van der Waals surface area (Å²) < 4.78 is 9.36. The molecule has 27 heavy (non-hydrogen) atoms. The fraction of sp³-hybridized carbons (Fsp3) is 0.381. The Labute approximate surface area is 165 Å². The third-order valence-corrected chi connectivity index (χ3v) is 17.2. The van der Waals surface area contributed by atoms with Crippen LogP contribution in [0, 0.1) is 0 Å². The SMILES string of the molecule is [CH2]=[Ti]([CH3])([Cl])([Cl])([NH]C(C)(C)C)([O]CCO)[CH]1c2ccccc2-c2ccccc21. The summed E-state index contributed by atoms with van der Waals surface area (Å²) in [7, 11) is 8.95. The van der Waals surface area contributed by atoms with Crippen molar-refractivity contribution in [2.45, 2.75) is 35.8 Å². The van der Waals surface area contributed by atoms with E-state index in [0.29, 0.717) is 0 Å². The van der Waals surface area contributed by atoms with Crippen molar-refractivity contribution < 1.29 is 19.2 Å². The Morgan fingerprint density at radius 3 is 1.89 bits per heavy atom. The van der Waals surface area contributed by atoms with Gasteiger partial charge in [-0.05, 0) is 0 Å². The van der Waals surface area contributed by atoms with E-state index in [2.05, 4.69) is 20.7 Å². The summed E-state index contributed by atoms with van der Waals surface area (Å²) in [6, 6.07) is 16.2. The van der Waals surface area contributed by atoms with Crippen molar-refractivity contribution in [1.82, 2.24) is 3.80 Å². The molecule has 0 fully saturated rings. The third kappa shape index (κ3) is 3.60. The van der Waals surface area contributed by atoms with Crippen molar-refractivity contribution in [1.29, 1.82) is 0 Å². The monoisotopic (exact) mass is 445 g/mol. The van der Waals surface area contributed by atoms with E-state index in [1.54, 1.807) is 5.23 Å². The average molecular weight is 446 g/mol. The first-order valence-electron chi connectivity index (χ1n) is 9.31. The van der Waals surface area contributed by atoms with Gasteiger partial charge in [-0.1, -0.05) is 0 Å². The molecule has 3 nitrogen and oxygen atoms in total. The molecule has 0 unspecified atom stereocenters. The van der Waals surface area contributed by atoms with Crippen LogP contribution >= 0.6 is 18.6 Å². The normalized spacial score (nSPS) is 18.7. The molecule has 6 heteroatoms. The van der Waals surface area contributed by atoms with Gasteiger partial charge in [0.05, 0.1) is 0 Å².